The van der Waals surface area contributed by atoms with Crippen LogP contribution in [0.25, 0.3) is 0 Å². The van der Waals surface area contributed by atoms with Crippen LogP contribution in [0.4, 0.5) is 0 Å². The SMILES string of the molecule is C/C(=N/NC(=O)C1C(=O)NCC1c1ccccc1)c1cc(Br)ccc1O. The summed E-state index contributed by atoms with van der Waals surface area (Å²) >= 11 is 3.33. The summed E-state index contributed by atoms with van der Waals surface area (Å²) in [5, 5.41) is 16.7. The van der Waals surface area contributed by atoms with E-state index in [1.807, 2.05) is 30.3 Å². The number of phenolic OH excluding ortho intramolecular Hbond substituents is 1. The molecule has 0 spiro atoms. The molecule has 2 atom stereocenters. The van der Waals surface area contributed by atoms with Gasteiger partial charge in [0, 0.05) is 22.5 Å². The van der Waals surface area contributed by atoms with Crippen LogP contribution in [0, 0.1) is 5.92 Å². The zero-order valence-electron chi connectivity index (χ0n) is 14.1. The van der Waals surface area contributed by atoms with Gasteiger partial charge in [0.05, 0.1) is 5.71 Å². The van der Waals surface area contributed by atoms with E-state index >= 15 is 0 Å². The monoisotopic (exact) mass is 415 g/mol. The van der Waals surface area contributed by atoms with Gasteiger partial charge >= 0.3 is 0 Å². The van der Waals surface area contributed by atoms with Gasteiger partial charge < -0.3 is 10.4 Å². The Bertz CT molecular complexity index is 868. The molecular weight excluding hydrogens is 398 g/mol. The van der Waals surface area contributed by atoms with Crippen LogP contribution in [0.2, 0.25) is 0 Å². The van der Waals surface area contributed by atoms with E-state index in [0.29, 0.717) is 17.8 Å². The van der Waals surface area contributed by atoms with E-state index in [2.05, 4.69) is 31.8 Å². The molecule has 3 N–H and O–H groups in total. The largest absolute Gasteiger partial charge is 0.507 e. The van der Waals surface area contributed by atoms with Crippen molar-refractivity contribution in [2.45, 2.75) is 12.8 Å². The number of halogens is 1. The van der Waals surface area contributed by atoms with Crippen molar-refractivity contribution in [3.63, 3.8) is 0 Å². The zero-order valence-corrected chi connectivity index (χ0v) is 15.7. The maximum Gasteiger partial charge on any atom is 0.253 e. The van der Waals surface area contributed by atoms with Crippen LogP contribution < -0.4 is 10.7 Å². The molecule has 0 radical (unpaired) electrons. The minimum absolute atomic E-state index is 0.0597. The molecule has 1 heterocycles. The van der Waals surface area contributed by atoms with Crippen LogP contribution in [-0.4, -0.2) is 29.2 Å². The third kappa shape index (κ3) is 3.77. The fourth-order valence-electron chi connectivity index (χ4n) is 3.00. The second-order valence-corrected chi connectivity index (χ2v) is 6.99. The van der Waals surface area contributed by atoms with Crippen molar-refractivity contribution in [2.24, 2.45) is 11.0 Å². The van der Waals surface area contributed by atoms with E-state index in [0.717, 1.165) is 10.0 Å². The highest BCUT2D eigenvalue weighted by Gasteiger charge is 2.41. The highest BCUT2D eigenvalue weighted by Crippen LogP contribution is 2.29. The first kappa shape index (κ1) is 18.1. The number of rotatable bonds is 4. The van der Waals surface area contributed by atoms with Crippen molar-refractivity contribution in [3.05, 3.63) is 64.1 Å². The van der Waals surface area contributed by atoms with Crippen molar-refractivity contribution in [1.29, 1.82) is 0 Å². The predicted octanol–water partition coefficient (Wildman–Crippen LogP) is 2.52. The summed E-state index contributed by atoms with van der Waals surface area (Å²) in [6, 6.07) is 14.4. The van der Waals surface area contributed by atoms with E-state index in [-0.39, 0.29) is 17.6 Å². The highest BCUT2D eigenvalue weighted by atomic mass is 79.9. The minimum Gasteiger partial charge on any atom is -0.507 e. The molecule has 7 heteroatoms. The number of aromatic hydroxyl groups is 1. The predicted molar refractivity (Wildman–Crippen MR) is 102 cm³/mol. The molecule has 0 bridgehead atoms. The van der Waals surface area contributed by atoms with Crippen LogP contribution >= 0.6 is 15.9 Å². The van der Waals surface area contributed by atoms with Gasteiger partial charge in [-0.25, -0.2) is 5.43 Å². The summed E-state index contributed by atoms with van der Waals surface area (Å²) in [7, 11) is 0. The van der Waals surface area contributed by atoms with E-state index < -0.39 is 11.8 Å². The molecule has 26 heavy (non-hydrogen) atoms. The molecule has 2 aromatic carbocycles. The average molecular weight is 416 g/mol. The molecule has 0 aromatic heterocycles. The Hall–Kier alpha value is -2.67. The lowest BCUT2D eigenvalue weighted by Gasteiger charge is -2.15. The van der Waals surface area contributed by atoms with E-state index in [1.165, 1.54) is 6.07 Å². The maximum absolute atomic E-state index is 12.6. The molecule has 2 unspecified atom stereocenters. The number of nitrogens with one attached hydrogen (secondary N) is 2. The first-order valence-electron chi connectivity index (χ1n) is 8.13. The number of carbonyl (C=O) groups excluding carboxylic acids is 2. The summed E-state index contributed by atoms with van der Waals surface area (Å²) < 4.78 is 0.783. The fraction of sp³-hybridized carbons (Fsp3) is 0.211. The van der Waals surface area contributed by atoms with Crippen molar-refractivity contribution in [3.8, 4) is 5.75 Å². The topological polar surface area (TPSA) is 90.8 Å². The summed E-state index contributed by atoms with van der Waals surface area (Å²) in [5.41, 5.74) is 4.32. The second-order valence-electron chi connectivity index (χ2n) is 6.07. The second kappa shape index (κ2) is 7.70. The van der Waals surface area contributed by atoms with Crippen LogP contribution in [-0.2, 0) is 9.59 Å². The molecule has 0 saturated carbocycles. The molecule has 1 aliphatic rings. The first-order chi connectivity index (χ1) is 12.5. The quantitative estimate of drug-likeness (QED) is 0.407. The van der Waals surface area contributed by atoms with Gasteiger partial charge in [-0.05, 0) is 30.7 Å². The van der Waals surface area contributed by atoms with Gasteiger partial charge in [-0.2, -0.15) is 5.10 Å². The van der Waals surface area contributed by atoms with Gasteiger partial charge in [0.1, 0.15) is 11.7 Å². The summed E-state index contributed by atoms with van der Waals surface area (Å²) in [4.78, 5) is 24.7. The van der Waals surface area contributed by atoms with Crippen molar-refractivity contribution >= 4 is 33.5 Å². The number of nitrogens with zero attached hydrogens (tertiary/aromatic N) is 1. The minimum atomic E-state index is -0.843. The number of hydrazone groups is 1. The van der Waals surface area contributed by atoms with Gasteiger partial charge in [0.2, 0.25) is 5.91 Å². The highest BCUT2D eigenvalue weighted by molar-refractivity contribution is 9.10. The lowest BCUT2D eigenvalue weighted by atomic mass is 9.88. The zero-order chi connectivity index (χ0) is 18.7. The van der Waals surface area contributed by atoms with Gasteiger partial charge in [0.25, 0.3) is 5.91 Å². The third-order valence-electron chi connectivity index (χ3n) is 4.37. The van der Waals surface area contributed by atoms with E-state index in [4.69, 9.17) is 0 Å². The van der Waals surface area contributed by atoms with Gasteiger partial charge in [-0.3, -0.25) is 9.59 Å². The van der Waals surface area contributed by atoms with E-state index in [9.17, 15) is 14.7 Å². The van der Waals surface area contributed by atoms with Crippen molar-refractivity contribution in [2.75, 3.05) is 6.54 Å². The molecule has 6 nitrogen and oxygen atoms in total. The number of amides is 2. The smallest absolute Gasteiger partial charge is 0.253 e. The number of carbonyl (C=O) groups is 2. The molecule has 1 saturated heterocycles. The van der Waals surface area contributed by atoms with Gasteiger partial charge in [0.15, 0.2) is 0 Å². The molecule has 2 amide bonds. The first-order valence-corrected chi connectivity index (χ1v) is 8.92. The normalized spacial score (nSPS) is 19.9. The summed E-state index contributed by atoms with van der Waals surface area (Å²) in [6.07, 6.45) is 0. The molecule has 1 fully saturated rings. The molecular formula is C19H18BrN3O3. The number of hydrogen-bond donors (Lipinski definition) is 3. The Morgan fingerprint density at radius 1 is 1.27 bits per heavy atom. The van der Waals surface area contributed by atoms with Crippen molar-refractivity contribution in [1.82, 2.24) is 10.7 Å². The number of benzene rings is 2. The third-order valence-corrected chi connectivity index (χ3v) is 4.87. The number of hydrogen-bond acceptors (Lipinski definition) is 4. The van der Waals surface area contributed by atoms with Crippen molar-refractivity contribution < 1.29 is 14.7 Å². The maximum atomic E-state index is 12.6. The Balaban J connectivity index is 1.78. The lowest BCUT2D eigenvalue weighted by molar-refractivity contribution is -0.133. The Morgan fingerprint density at radius 3 is 2.73 bits per heavy atom. The van der Waals surface area contributed by atoms with E-state index in [1.54, 1.807) is 19.1 Å². The fourth-order valence-corrected chi connectivity index (χ4v) is 3.36. The molecule has 3 rings (SSSR count). The summed E-state index contributed by atoms with van der Waals surface area (Å²) in [5.74, 6) is -1.80. The molecule has 0 aliphatic carbocycles. The van der Waals surface area contributed by atoms with Gasteiger partial charge in [-0.1, -0.05) is 46.3 Å². The van der Waals surface area contributed by atoms with Crippen LogP contribution in [0.15, 0.2) is 58.1 Å². The lowest BCUT2D eigenvalue weighted by Crippen LogP contribution is -2.35. The molecule has 1 aliphatic heterocycles. The standard InChI is InChI=1S/C19H18BrN3O3/c1-11(14-9-13(20)7-8-16(14)24)22-23-19(26)17-15(10-21-18(17)25)12-5-3-2-4-6-12/h2-9,15,17,24H,10H2,1H3,(H,21,25)(H,23,26)/b22-11-. The molecule has 2 aromatic rings. The Morgan fingerprint density at radius 2 is 2.00 bits per heavy atom. The van der Waals surface area contributed by atoms with Crippen LogP contribution in [0.1, 0.15) is 24.0 Å². The Kier molecular flexibility index (Phi) is 5.37. The summed E-state index contributed by atoms with van der Waals surface area (Å²) in [6.45, 7) is 2.08. The Labute approximate surface area is 159 Å². The average Bonchev–Trinajstić information content (AvgIpc) is 3.03. The number of phenols is 1. The molecule has 134 valence electrons. The van der Waals surface area contributed by atoms with Crippen LogP contribution in [0.3, 0.4) is 0 Å². The van der Waals surface area contributed by atoms with Gasteiger partial charge in [-0.15, -0.1) is 0 Å². The van der Waals surface area contributed by atoms with Crippen LogP contribution in [0.5, 0.6) is 5.75 Å².